The van der Waals surface area contributed by atoms with Crippen LogP contribution in [-0.4, -0.2) is 33.9 Å². The van der Waals surface area contributed by atoms with Gasteiger partial charge in [-0.25, -0.2) is 4.79 Å². The summed E-state index contributed by atoms with van der Waals surface area (Å²) < 4.78 is 60.7. The number of halogens is 3. The molecular weight excluding hydrogens is 403 g/mol. The molecule has 2 aliphatic heterocycles. The molecule has 1 N–H and O–H groups in total. The number of methoxy groups -OCH3 is 3. The number of ether oxygens (including phenoxy) is 4. The summed E-state index contributed by atoms with van der Waals surface area (Å²) >= 11 is 0. The predicted octanol–water partition coefficient (Wildman–Crippen LogP) is 4.10. The van der Waals surface area contributed by atoms with E-state index in [2.05, 4.69) is 5.32 Å². The standard InChI is InChI=1S/C21H18F3NO5/c1-27-14-8-12-16(19(29-3)18(14)28-2)15(17-13(25-12)9-30-20(17)26)10-4-6-11(7-5-10)21(22,23)24/h4-8,15,25H,9H2,1-3H3. The summed E-state index contributed by atoms with van der Waals surface area (Å²) in [5.74, 6) is -0.211. The molecule has 30 heavy (non-hydrogen) atoms. The number of hydrogen-bond acceptors (Lipinski definition) is 6. The Labute approximate surface area is 170 Å². The molecule has 0 bridgehead atoms. The third kappa shape index (κ3) is 3.01. The van der Waals surface area contributed by atoms with Crippen molar-refractivity contribution in [3.63, 3.8) is 0 Å². The van der Waals surface area contributed by atoms with Crippen molar-refractivity contribution in [2.45, 2.75) is 12.1 Å². The van der Waals surface area contributed by atoms with Crippen LogP contribution in [0.25, 0.3) is 0 Å². The molecule has 0 saturated carbocycles. The minimum Gasteiger partial charge on any atom is -0.493 e. The van der Waals surface area contributed by atoms with Crippen molar-refractivity contribution in [3.05, 3.63) is 58.3 Å². The Kier molecular flexibility index (Phi) is 4.76. The molecule has 0 radical (unpaired) electrons. The fourth-order valence-corrected chi connectivity index (χ4v) is 3.89. The second kappa shape index (κ2) is 7.16. The van der Waals surface area contributed by atoms with E-state index in [1.807, 2.05) is 0 Å². The molecule has 0 spiro atoms. The van der Waals surface area contributed by atoms with Gasteiger partial charge in [0.05, 0.1) is 43.9 Å². The van der Waals surface area contributed by atoms with Gasteiger partial charge in [0.25, 0.3) is 0 Å². The van der Waals surface area contributed by atoms with E-state index in [4.69, 9.17) is 18.9 Å². The van der Waals surface area contributed by atoms with Crippen LogP contribution in [0.15, 0.2) is 41.6 Å². The smallest absolute Gasteiger partial charge is 0.416 e. The van der Waals surface area contributed by atoms with Crippen LogP contribution in [-0.2, 0) is 15.7 Å². The zero-order valence-corrected chi connectivity index (χ0v) is 16.3. The molecule has 1 unspecified atom stereocenters. The second-order valence-corrected chi connectivity index (χ2v) is 6.75. The van der Waals surface area contributed by atoms with Crippen LogP contribution >= 0.6 is 0 Å². The molecule has 2 aromatic carbocycles. The third-order valence-corrected chi connectivity index (χ3v) is 5.20. The van der Waals surface area contributed by atoms with Crippen molar-refractivity contribution in [3.8, 4) is 17.2 Å². The largest absolute Gasteiger partial charge is 0.493 e. The van der Waals surface area contributed by atoms with Crippen LogP contribution < -0.4 is 19.5 Å². The van der Waals surface area contributed by atoms with Crippen molar-refractivity contribution in [1.82, 2.24) is 0 Å². The highest BCUT2D eigenvalue weighted by atomic mass is 19.4. The van der Waals surface area contributed by atoms with Gasteiger partial charge in [-0.05, 0) is 17.7 Å². The molecule has 2 aliphatic rings. The maximum Gasteiger partial charge on any atom is 0.416 e. The molecule has 9 heteroatoms. The Balaban J connectivity index is 1.96. The normalized spacial score (nSPS) is 17.7. The van der Waals surface area contributed by atoms with E-state index >= 15 is 0 Å². The SMILES string of the molecule is COc1cc2c(c(OC)c1OC)C(c1ccc(C(F)(F)F)cc1)C1=C(COC1=O)N2. The summed E-state index contributed by atoms with van der Waals surface area (Å²) in [6, 6.07) is 6.39. The summed E-state index contributed by atoms with van der Waals surface area (Å²) in [6.07, 6.45) is -4.46. The first-order valence-electron chi connectivity index (χ1n) is 8.97. The molecule has 2 heterocycles. The summed E-state index contributed by atoms with van der Waals surface area (Å²) in [6.45, 7) is 0.0431. The molecule has 0 aliphatic carbocycles. The maximum absolute atomic E-state index is 13.0. The number of esters is 1. The molecule has 6 nitrogen and oxygen atoms in total. The second-order valence-electron chi connectivity index (χ2n) is 6.75. The van der Waals surface area contributed by atoms with Crippen LogP contribution in [0, 0.1) is 0 Å². The molecule has 0 fully saturated rings. The Morgan fingerprint density at radius 1 is 1.03 bits per heavy atom. The zero-order valence-electron chi connectivity index (χ0n) is 16.3. The number of hydrogen-bond donors (Lipinski definition) is 1. The molecule has 158 valence electrons. The van der Waals surface area contributed by atoms with E-state index < -0.39 is 23.6 Å². The van der Waals surface area contributed by atoms with Crippen molar-refractivity contribution < 1.29 is 36.9 Å². The van der Waals surface area contributed by atoms with Crippen LogP contribution in [0.1, 0.15) is 22.6 Å². The van der Waals surface area contributed by atoms with Crippen LogP contribution in [0.2, 0.25) is 0 Å². The number of alkyl halides is 3. The lowest BCUT2D eigenvalue weighted by molar-refractivity contribution is -0.138. The van der Waals surface area contributed by atoms with E-state index in [1.165, 1.54) is 33.5 Å². The quantitative estimate of drug-likeness (QED) is 0.750. The number of nitrogens with one attached hydrogen (secondary N) is 1. The summed E-state index contributed by atoms with van der Waals surface area (Å²) in [4.78, 5) is 12.5. The number of fused-ring (bicyclic) bond motifs is 1. The Bertz CT molecular complexity index is 1040. The molecule has 2 aromatic rings. The highest BCUT2D eigenvalue weighted by molar-refractivity contribution is 5.98. The van der Waals surface area contributed by atoms with Crippen molar-refractivity contribution in [2.75, 3.05) is 33.3 Å². The molecule has 4 rings (SSSR count). The van der Waals surface area contributed by atoms with Gasteiger partial charge >= 0.3 is 12.1 Å². The maximum atomic E-state index is 13.0. The summed E-state index contributed by atoms with van der Waals surface area (Å²) in [5, 5.41) is 3.16. The fraction of sp³-hybridized carbons (Fsp3) is 0.286. The minimum absolute atomic E-state index is 0.0431. The first-order chi connectivity index (χ1) is 14.3. The van der Waals surface area contributed by atoms with Crippen LogP contribution in [0.4, 0.5) is 18.9 Å². The van der Waals surface area contributed by atoms with Gasteiger partial charge in [0.2, 0.25) is 5.75 Å². The van der Waals surface area contributed by atoms with Gasteiger partial charge in [-0.15, -0.1) is 0 Å². The topological polar surface area (TPSA) is 66.0 Å². The zero-order chi connectivity index (χ0) is 21.6. The van der Waals surface area contributed by atoms with E-state index in [0.717, 1.165) is 12.1 Å². The summed E-state index contributed by atoms with van der Waals surface area (Å²) in [5.41, 5.74) is 1.73. The lowest BCUT2D eigenvalue weighted by Crippen LogP contribution is -2.21. The van der Waals surface area contributed by atoms with Crippen molar-refractivity contribution >= 4 is 11.7 Å². The molecule has 0 saturated heterocycles. The van der Waals surface area contributed by atoms with Gasteiger partial charge in [0, 0.05) is 17.5 Å². The Hall–Kier alpha value is -3.36. The third-order valence-electron chi connectivity index (χ3n) is 5.20. The molecule has 0 amide bonds. The number of carbonyl (C=O) groups excluding carboxylic acids is 1. The Morgan fingerprint density at radius 2 is 1.70 bits per heavy atom. The highest BCUT2D eigenvalue weighted by Gasteiger charge is 2.42. The van der Waals surface area contributed by atoms with Gasteiger partial charge in [-0.2, -0.15) is 13.2 Å². The first kappa shape index (κ1) is 19.9. The summed E-state index contributed by atoms with van der Waals surface area (Å²) in [7, 11) is 4.37. The van der Waals surface area contributed by atoms with Crippen molar-refractivity contribution in [2.24, 2.45) is 0 Å². The first-order valence-corrected chi connectivity index (χ1v) is 8.97. The van der Waals surface area contributed by atoms with Gasteiger partial charge in [0.1, 0.15) is 6.61 Å². The number of cyclic esters (lactones) is 1. The highest BCUT2D eigenvalue weighted by Crippen LogP contribution is 2.54. The van der Waals surface area contributed by atoms with E-state index in [0.29, 0.717) is 45.3 Å². The van der Waals surface area contributed by atoms with E-state index in [1.54, 1.807) is 6.07 Å². The average molecular weight is 421 g/mol. The van der Waals surface area contributed by atoms with Gasteiger partial charge < -0.3 is 24.3 Å². The molecular formula is C21H18F3NO5. The van der Waals surface area contributed by atoms with Gasteiger partial charge in [-0.1, -0.05) is 12.1 Å². The number of benzene rings is 2. The van der Waals surface area contributed by atoms with Gasteiger partial charge in [0.15, 0.2) is 11.5 Å². The van der Waals surface area contributed by atoms with Crippen LogP contribution in [0.5, 0.6) is 17.2 Å². The van der Waals surface area contributed by atoms with E-state index in [-0.39, 0.29) is 6.61 Å². The van der Waals surface area contributed by atoms with Crippen molar-refractivity contribution in [1.29, 1.82) is 0 Å². The van der Waals surface area contributed by atoms with Crippen LogP contribution in [0.3, 0.4) is 0 Å². The minimum atomic E-state index is -4.46. The number of rotatable bonds is 4. The monoisotopic (exact) mass is 421 g/mol. The van der Waals surface area contributed by atoms with Gasteiger partial charge in [-0.3, -0.25) is 0 Å². The predicted molar refractivity (Wildman–Crippen MR) is 101 cm³/mol. The average Bonchev–Trinajstić information content (AvgIpc) is 3.10. The Morgan fingerprint density at radius 3 is 2.27 bits per heavy atom. The fourth-order valence-electron chi connectivity index (χ4n) is 3.89. The lowest BCUT2D eigenvalue weighted by Gasteiger charge is -2.30. The number of anilines is 1. The number of carbonyl (C=O) groups is 1. The molecule has 1 atom stereocenters. The lowest BCUT2D eigenvalue weighted by atomic mass is 9.80. The van der Waals surface area contributed by atoms with E-state index in [9.17, 15) is 18.0 Å². The molecule has 0 aromatic heterocycles.